The molecular weight excluding hydrogens is 226 g/mol. The SMILES string of the molecule is C=CC(CN1C(=O)CCCC1=O)c1ccccc1. The van der Waals surface area contributed by atoms with Gasteiger partial charge in [0.25, 0.3) is 0 Å². The predicted octanol–water partition coefficient (Wildman–Crippen LogP) is 2.50. The molecule has 0 aromatic heterocycles. The van der Waals surface area contributed by atoms with Crippen molar-refractivity contribution in [1.29, 1.82) is 0 Å². The van der Waals surface area contributed by atoms with Crippen LogP contribution in [-0.2, 0) is 9.59 Å². The largest absolute Gasteiger partial charge is 0.282 e. The number of benzene rings is 1. The molecule has 1 aliphatic rings. The Labute approximate surface area is 107 Å². The van der Waals surface area contributed by atoms with Gasteiger partial charge >= 0.3 is 0 Å². The fraction of sp³-hybridized carbons (Fsp3) is 0.333. The third-order valence-electron chi connectivity index (χ3n) is 3.27. The standard InChI is InChI=1S/C15H17NO2/c1-2-12(13-7-4-3-5-8-13)11-16-14(17)9-6-10-15(16)18/h2-5,7-8,12H,1,6,9-11H2. The highest BCUT2D eigenvalue weighted by atomic mass is 16.2. The zero-order valence-electron chi connectivity index (χ0n) is 10.3. The van der Waals surface area contributed by atoms with Crippen molar-refractivity contribution in [2.75, 3.05) is 6.54 Å². The Kier molecular flexibility index (Phi) is 3.92. The summed E-state index contributed by atoms with van der Waals surface area (Å²) in [5.74, 6) is -0.111. The normalized spacial score (nSPS) is 17.7. The van der Waals surface area contributed by atoms with E-state index >= 15 is 0 Å². The van der Waals surface area contributed by atoms with Crippen molar-refractivity contribution in [3.63, 3.8) is 0 Å². The summed E-state index contributed by atoms with van der Waals surface area (Å²) in [5, 5.41) is 0. The molecule has 1 fully saturated rings. The molecule has 3 nitrogen and oxygen atoms in total. The van der Waals surface area contributed by atoms with Crippen LogP contribution in [0.2, 0.25) is 0 Å². The van der Waals surface area contributed by atoms with Crippen LogP contribution in [0.5, 0.6) is 0 Å². The van der Waals surface area contributed by atoms with E-state index in [1.807, 2.05) is 30.3 Å². The van der Waals surface area contributed by atoms with Gasteiger partial charge in [-0.05, 0) is 12.0 Å². The van der Waals surface area contributed by atoms with Crippen LogP contribution in [0.3, 0.4) is 0 Å². The van der Waals surface area contributed by atoms with Crippen LogP contribution in [0.15, 0.2) is 43.0 Å². The number of likely N-dealkylation sites (tertiary alicyclic amines) is 1. The monoisotopic (exact) mass is 243 g/mol. The number of amides is 2. The second-order valence-corrected chi connectivity index (χ2v) is 4.50. The minimum atomic E-state index is -0.0611. The zero-order valence-corrected chi connectivity index (χ0v) is 10.3. The first-order chi connectivity index (χ1) is 8.72. The molecule has 1 saturated heterocycles. The van der Waals surface area contributed by atoms with E-state index in [4.69, 9.17) is 0 Å². The molecule has 2 amide bonds. The maximum atomic E-state index is 11.8. The third-order valence-corrected chi connectivity index (χ3v) is 3.27. The van der Waals surface area contributed by atoms with Gasteiger partial charge < -0.3 is 0 Å². The van der Waals surface area contributed by atoms with E-state index in [0.717, 1.165) is 5.56 Å². The lowest BCUT2D eigenvalue weighted by molar-refractivity contribution is -0.148. The van der Waals surface area contributed by atoms with E-state index < -0.39 is 0 Å². The number of imide groups is 1. The lowest BCUT2D eigenvalue weighted by Crippen LogP contribution is -2.42. The van der Waals surface area contributed by atoms with E-state index in [0.29, 0.717) is 25.8 Å². The molecule has 0 N–H and O–H groups in total. The number of rotatable bonds is 4. The lowest BCUT2D eigenvalue weighted by Gasteiger charge is -2.28. The molecule has 94 valence electrons. The van der Waals surface area contributed by atoms with Crippen molar-refractivity contribution in [2.45, 2.75) is 25.2 Å². The highest BCUT2D eigenvalue weighted by molar-refractivity contribution is 5.97. The summed E-state index contributed by atoms with van der Waals surface area (Å²) < 4.78 is 0. The smallest absolute Gasteiger partial charge is 0.229 e. The number of hydrogen-bond donors (Lipinski definition) is 0. The average Bonchev–Trinajstić information content (AvgIpc) is 2.40. The Bertz CT molecular complexity index is 437. The molecular formula is C15H17NO2. The molecule has 0 bridgehead atoms. The van der Waals surface area contributed by atoms with Crippen LogP contribution in [-0.4, -0.2) is 23.3 Å². The van der Waals surface area contributed by atoms with Gasteiger partial charge in [-0.25, -0.2) is 0 Å². The fourth-order valence-corrected chi connectivity index (χ4v) is 2.22. The molecule has 18 heavy (non-hydrogen) atoms. The van der Waals surface area contributed by atoms with Gasteiger partial charge in [-0.2, -0.15) is 0 Å². The third kappa shape index (κ3) is 2.67. The summed E-state index contributed by atoms with van der Waals surface area (Å²) in [4.78, 5) is 24.9. The maximum absolute atomic E-state index is 11.8. The predicted molar refractivity (Wildman–Crippen MR) is 70.0 cm³/mol. The summed E-state index contributed by atoms with van der Waals surface area (Å²) >= 11 is 0. The number of hydrogen-bond acceptors (Lipinski definition) is 2. The number of nitrogens with zero attached hydrogens (tertiary/aromatic N) is 1. The minimum Gasteiger partial charge on any atom is -0.282 e. The van der Waals surface area contributed by atoms with E-state index in [-0.39, 0.29) is 17.7 Å². The second kappa shape index (κ2) is 5.63. The number of carbonyl (C=O) groups is 2. The van der Waals surface area contributed by atoms with Crippen LogP contribution < -0.4 is 0 Å². The average molecular weight is 243 g/mol. The summed E-state index contributed by atoms with van der Waals surface area (Å²) in [6.07, 6.45) is 3.43. The maximum Gasteiger partial charge on any atom is 0.229 e. The first kappa shape index (κ1) is 12.6. The molecule has 1 heterocycles. The Balaban J connectivity index is 2.13. The topological polar surface area (TPSA) is 37.4 Å². The van der Waals surface area contributed by atoms with Gasteiger partial charge in [0.2, 0.25) is 11.8 Å². The quantitative estimate of drug-likeness (QED) is 0.602. The van der Waals surface area contributed by atoms with E-state index in [1.54, 1.807) is 6.08 Å². The van der Waals surface area contributed by atoms with Crippen molar-refractivity contribution < 1.29 is 9.59 Å². The van der Waals surface area contributed by atoms with Crippen LogP contribution in [0.25, 0.3) is 0 Å². The first-order valence-corrected chi connectivity index (χ1v) is 6.23. The summed E-state index contributed by atoms with van der Waals surface area (Å²) in [6, 6.07) is 9.83. The van der Waals surface area contributed by atoms with Crippen molar-refractivity contribution in [3.05, 3.63) is 48.6 Å². The van der Waals surface area contributed by atoms with Gasteiger partial charge in [0.1, 0.15) is 0 Å². The molecule has 1 atom stereocenters. The summed E-state index contributed by atoms with van der Waals surface area (Å²) in [5.41, 5.74) is 1.08. The second-order valence-electron chi connectivity index (χ2n) is 4.50. The first-order valence-electron chi connectivity index (χ1n) is 6.23. The van der Waals surface area contributed by atoms with E-state index in [2.05, 4.69) is 6.58 Å². The molecule has 1 unspecified atom stereocenters. The fourth-order valence-electron chi connectivity index (χ4n) is 2.22. The molecule has 3 heteroatoms. The summed E-state index contributed by atoms with van der Waals surface area (Å²) in [6.45, 7) is 4.21. The Morgan fingerprint density at radius 2 is 1.78 bits per heavy atom. The van der Waals surface area contributed by atoms with Gasteiger partial charge in [0.15, 0.2) is 0 Å². The van der Waals surface area contributed by atoms with Crippen LogP contribution >= 0.6 is 0 Å². The minimum absolute atomic E-state index is 0.0113. The Morgan fingerprint density at radius 3 is 2.33 bits per heavy atom. The molecule has 0 spiro atoms. The van der Waals surface area contributed by atoms with Gasteiger partial charge in [-0.15, -0.1) is 6.58 Å². The number of piperidine rings is 1. The van der Waals surface area contributed by atoms with E-state index in [1.165, 1.54) is 4.90 Å². The van der Waals surface area contributed by atoms with E-state index in [9.17, 15) is 9.59 Å². The number of carbonyl (C=O) groups excluding carboxylic acids is 2. The van der Waals surface area contributed by atoms with Crippen LogP contribution in [0.1, 0.15) is 30.7 Å². The van der Waals surface area contributed by atoms with Crippen molar-refractivity contribution in [2.24, 2.45) is 0 Å². The molecule has 2 rings (SSSR count). The van der Waals surface area contributed by atoms with Gasteiger partial charge in [-0.3, -0.25) is 14.5 Å². The van der Waals surface area contributed by atoms with Crippen LogP contribution in [0.4, 0.5) is 0 Å². The van der Waals surface area contributed by atoms with Gasteiger partial charge in [0, 0.05) is 25.3 Å². The highest BCUT2D eigenvalue weighted by Gasteiger charge is 2.27. The molecule has 1 aromatic rings. The molecule has 0 radical (unpaired) electrons. The van der Waals surface area contributed by atoms with Crippen molar-refractivity contribution in [1.82, 2.24) is 4.90 Å². The van der Waals surface area contributed by atoms with Crippen molar-refractivity contribution in [3.8, 4) is 0 Å². The Morgan fingerprint density at radius 1 is 1.17 bits per heavy atom. The van der Waals surface area contributed by atoms with Gasteiger partial charge in [-0.1, -0.05) is 36.4 Å². The molecule has 1 aromatic carbocycles. The van der Waals surface area contributed by atoms with Crippen LogP contribution in [0, 0.1) is 0 Å². The zero-order chi connectivity index (χ0) is 13.0. The Hall–Kier alpha value is -1.90. The highest BCUT2D eigenvalue weighted by Crippen LogP contribution is 2.21. The van der Waals surface area contributed by atoms with Gasteiger partial charge in [0.05, 0.1) is 0 Å². The lowest BCUT2D eigenvalue weighted by atomic mass is 9.97. The summed E-state index contributed by atoms with van der Waals surface area (Å²) in [7, 11) is 0. The molecule has 1 aliphatic heterocycles. The molecule has 0 saturated carbocycles. The van der Waals surface area contributed by atoms with Crippen molar-refractivity contribution >= 4 is 11.8 Å². The molecule has 0 aliphatic carbocycles.